The lowest BCUT2D eigenvalue weighted by Crippen LogP contribution is -2.25. The van der Waals surface area contributed by atoms with E-state index in [4.69, 9.17) is 4.74 Å². The van der Waals surface area contributed by atoms with Gasteiger partial charge in [-0.05, 0) is 21.0 Å². The van der Waals surface area contributed by atoms with E-state index >= 15 is 0 Å². The van der Waals surface area contributed by atoms with Gasteiger partial charge in [-0.15, -0.1) is 0 Å². The molecule has 1 saturated heterocycles. The van der Waals surface area contributed by atoms with Crippen LogP contribution in [0.2, 0.25) is 0 Å². The molecular formula is C8H16FNO. The summed E-state index contributed by atoms with van der Waals surface area (Å²) in [7, 11) is 3.94. The lowest BCUT2D eigenvalue weighted by Gasteiger charge is -2.15. The van der Waals surface area contributed by atoms with Crippen molar-refractivity contribution in [3.63, 3.8) is 0 Å². The van der Waals surface area contributed by atoms with Crippen molar-refractivity contribution < 1.29 is 9.13 Å². The molecule has 0 amide bonds. The van der Waals surface area contributed by atoms with Crippen molar-refractivity contribution in [3.05, 3.63) is 0 Å². The predicted molar refractivity (Wildman–Crippen MR) is 42.4 cm³/mol. The van der Waals surface area contributed by atoms with Crippen LogP contribution < -0.4 is 0 Å². The highest BCUT2D eigenvalue weighted by Gasteiger charge is 2.31. The third-order valence-electron chi connectivity index (χ3n) is 1.97. The predicted octanol–water partition coefficient (Wildman–Crippen LogP) is 1.06. The second-order valence-electron chi connectivity index (χ2n) is 3.48. The van der Waals surface area contributed by atoms with Crippen molar-refractivity contribution >= 4 is 0 Å². The molecule has 0 aromatic heterocycles. The molecule has 1 fully saturated rings. The number of likely N-dealkylation sites (N-methyl/N-ethyl adjacent to an activating group) is 1. The van der Waals surface area contributed by atoms with Crippen LogP contribution in [0.15, 0.2) is 0 Å². The monoisotopic (exact) mass is 161 g/mol. The van der Waals surface area contributed by atoms with E-state index in [2.05, 4.69) is 0 Å². The molecule has 1 rings (SSSR count). The number of halogens is 1. The zero-order valence-electron chi connectivity index (χ0n) is 7.38. The van der Waals surface area contributed by atoms with Crippen LogP contribution in [0.4, 0.5) is 4.39 Å². The van der Waals surface area contributed by atoms with Crippen LogP contribution in [0.25, 0.3) is 0 Å². The quantitative estimate of drug-likeness (QED) is 0.600. The smallest absolute Gasteiger partial charge is 0.128 e. The van der Waals surface area contributed by atoms with Gasteiger partial charge in [0.1, 0.15) is 6.17 Å². The maximum absolute atomic E-state index is 12.9. The van der Waals surface area contributed by atoms with Gasteiger partial charge in [-0.3, -0.25) is 0 Å². The van der Waals surface area contributed by atoms with Gasteiger partial charge in [-0.1, -0.05) is 0 Å². The molecule has 0 aromatic rings. The first-order valence-corrected chi connectivity index (χ1v) is 4.04. The highest BCUT2D eigenvalue weighted by atomic mass is 19.1. The highest BCUT2D eigenvalue weighted by molar-refractivity contribution is 4.80. The van der Waals surface area contributed by atoms with Gasteiger partial charge >= 0.3 is 0 Å². The lowest BCUT2D eigenvalue weighted by molar-refractivity contribution is 0.0285. The summed E-state index contributed by atoms with van der Waals surface area (Å²) in [4.78, 5) is 2.02. The van der Waals surface area contributed by atoms with Gasteiger partial charge in [0.05, 0.1) is 12.2 Å². The van der Waals surface area contributed by atoms with E-state index in [9.17, 15) is 4.39 Å². The average Bonchev–Trinajstić information content (AvgIpc) is 2.10. The largest absolute Gasteiger partial charge is 0.371 e. The van der Waals surface area contributed by atoms with E-state index < -0.39 is 6.17 Å². The fraction of sp³-hybridized carbons (Fsp3) is 1.00. The lowest BCUT2D eigenvalue weighted by atomic mass is 10.2. The number of rotatable bonds is 2. The Hall–Kier alpha value is -0.150. The Morgan fingerprint density at radius 2 is 2.18 bits per heavy atom. The van der Waals surface area contributed by atoms with Crippen LogP contribution in [-0.2, 0) is 4.74 Å². The molecule has 11 heavy (non-hydrogen) atoms. The van der Waals surface area contributed by atoms with E-state index in [1.807, 2.05) is 19.0 Å². The van der Waals surface area contributed by atoms with Gasteiger partial charge in [0, 0.05) is 13.0 Å². The molecule has 0 aromatic carbocycles. The third-order valence-corrected chi connectivity index (χ3v) is 1.97. The van der Waals surface area contributed by atoms with Gasteiger partial charge in [-0.25, -0.2) is 4.39 Å². The summed E-state index contributed by atoms with van der Waals surface area (Å²) in [6.45, 7) is 2.62. The van der Waals surface area contributed by atoms with Crippen LogP contribution >= 0.6 is 0 Å². The number of ether oxygens (including phenoxy) is 1. The SMILES string of the molecule is C[C@@H]1O[C@@H](CN(C)C)C[C@@H]1F. The Labute approximate surface area is 67.3 Å². The standard InChI is InChI=1S/C8H16FNO/c1-6-8(9)4-7(11-6)5-10(2)3/h6-8H,4-5H2,1-3H3/t6-,7+,8-/m0/s1. The first kappa shape index (κ1) is 8.94. The van der Waals surface area contributed by atoms with Crippen molar-refractivity contribution in [1.29, 1.82) is 0 Å². The molecule has 1 heterocycles. The number of alkyl halides is 1. The molecule has 1 aliphatic rings. The van der Waals surface area contributed by atoms with E-state index in [0.29, 0.717) is 6.42 Å². The Morgan fingerprint density at radius 3 is 2.55 bits per heavy atom. The Kier molecular flexibility index (Phi) is 2.84. The Balaban J connectivity index is 2.29. The fourth-order valence-corrected chi connectivity index (χ4v) is 1.41. The second-order valence-corrected chi connectivity index (χ2v) is 3.48. The number of hydrogen-bond donors (Lipinski definition) is 0. The van der Waals surface area contributed by atoms with Crippen molar-refractivity contribution in [1.82, 2.24) is 4.90 Å². The minimum absolute atomic E-state index is 0.0926. The molecule has 0 saturated carbocycles. The van der Waals surface area contributed by atoms with Crippen molar-refractivity contribution in [2.75, 3.05) is 20.6 Å². The van der Waals surface area contributed by atoms with Crippen molar-refractivity contribution in [2.24, 2.45) is 0 Å². The zero-order valence-corrected chi connectivity index (χ0v) is 7.38. The van der Waals surface area contributed by atoms with E-state index in [1.54, 1.807) is 6.92 Å². The van der Waals surface area contributed by atoms with Gasteiger partial charge < -0.3 is 9.64 Å². The third kappa shape index (κ3) is 2.42. The van der Waals surface area contributed by atoms with Crippen molar-refractivity contribution in [3.8, 4) is 0 Å². The molecule has 66 valence electrons. The molecular weight excluding hydrogens is 145 g/mol. The van der Waals surface area contributed by atoms with E-state index in [-0.39, 0.29) is 12.2 Å². The molecule has 0 aliphatic carbocycles. The fourth-order valence-electron chi connectivity index (χ4n) is 1.41. The molecule has 0 N–H and O–H groups in total. The maximum atomic E-state index is 12.9. The maximum Gasteiger partial charge on any atom is 0.128 e. The molecule has 3 atom stereocenters. The first-order chi connectivity index (χ1) is 5.09. The second kappa shape index (κ2) is 3.50. The molecule has 0 bridgehead atoms. The van der Waals surface area contributed by atoms with Gasteiger partial charge in [0.15, 0.2) is 0 Å². The molecule has 3 heteroatoms. The summed E-state index contributed by atoms with van der Waals surface area (Å²) in [5, 5.41) is 0. The minimum atomic E-state index is -0.764. The Morgan fingerprint density at radius 1 is 1.55 bits per heavy atom. The summed E-state index contributed by atoms with van der Waals surface area (Å²) in [5.74, 6) is 0. The van der Waals surface area contributed by atoms with Gasteiger partial charge in [-0.2, -0.15) is 0 Å². The highest BCUT2D eigenvalue weighted by Crippen LogP contribution is 2.22. The van der Waals surface area contributed by atoms with Crippen LogP contribution in [0, 0.1) is 0 Å². The number of hydrogen-bond acceptors (Lipinski definition) is 2. The van der Waals surface area contributed by atoms with E-state index in [1.165, 1.54) is 0 Å². The first-order valence-electron chi connectivity index (χ1n) is 4.04. The Bertz CT molecular complexity index is 117. The van der Waals surface area contributed by atoms with Crippen LogP contribution in [0.1, 0.15) is 13.3 Å². The topological polar surface area (TPSA) is 12.5 Å². The summed E-state index contributed by atoms with van der Waals surface area (Å²) in [6, 6.07) is 0. The molecule has 1 aliphatic heterocycles. The van der Waals surface area contributed by atoms with Crippen LogP contribution in [0.3, 0.4) is 0 Å². The van der Waals surface area contributed by atoms with Gasteiger partial charge in [0.2, 0.25) is 0 Å². The minimum Gasteiger partial charge on any atom is -0.371 e. The normalized spacial score (nSPS) is 38.5. The summed E-state index contributed by atoms with van der Waals surface area (Å²) in [6.07, 6.45) is -0.325. The molecule has 2 nitrogen and oxygen atoms in total. The summed E-state index contributed by atoms with van der Waals surface area (Å²) in [5.41, 5.74) is 0. The zero-order chi connectivity index (χ0) is 8.43. The van der Waals surface area contributed by atoms with Crippen LogP contribution in [-0.4, -0.2) is 43.9 Å². The summed E-state index contributed by atoms with van der Waals surface area (Å²) >= 11 is 0. The average molecular weight is 161 g/mol. The van der Waals surface area contributed by atoms with E-state index in [0.717, 1.165) is 6.54 Å². The van der Waals surface area contributed by atoms with Gasteiger partial charge in [0.25, 0.3) is 0 Å². The molecule has 0 unspecified atom stereocenters. The van der Waals surface area contributed by atoms with Crippen LogP contribution in [0.5, 0.6) is 0 Å². The number of nitrogens with zero attached hydrogens (tertiary/aromatic N) is 1. The molecule has 0 spiro atoms. The molecule has 0 radical (unpaired) electrons. The van der Waals surface area contributed by atoms with Crippen molar-refractivity contribution in [2.45, 2.75) is 31.7 Å². The summed E-state index contributed by atoms with van der Waals surface area (Å²) < 4.78 is 18.2.